The number of nitrogens with one attached hydrogen (secondary N) is 3. The second-order valence-electron chi connectivity index (χ2n) is 6.50. The average molecular weight is 325 g/mol. The van der Waals surface area contributed by atoms with Crippen molar-refractivity contribution in [3.8, 4) is 5.75 Å². The summed E-state index contributed by atoms with van der Waals surface area (Å²) in [7, 11) is 0. The maximum atomic E-state index is 12.5. The molecular formula is C19H23N3O2. The molecule has 5 nitrogen and oxygen atoms in total. The van der Waals surface area contributed by atoms with Crippen LogP contribution < -0.4 is 16.2 Å². The number of aryl methyl sites for hydroxylation is 3. The van der Waals surface area contributed by atoms with Crippen LogP contribution in [0.3, 0.4) is 0 Å². The largest absolute Gasteiger partial charge is 0.508 e. The summed E-state index contributed by atoms with van der Waals surface area (Å²) in [6.45, 7) is 5.96. The molecule has 2 atom stereocenters. The number of amides is 1. The maximum absolute atomic E-state index is 12.5. The monoisotopic (exact) mass is 325 g/mol. The molecule has 1 aliphatic heterocycles. The summed E-state index contributed by atoms with van der Waals surface area (Å²) < 4.78 is 0. The summed E-state index contributed by atoms with van der Waals surface area (Å²) in [6.07, 6.45) is 0.577. The number of hydrogen-bond acceptors (Lipinski definition) is 4. The Morgan fingerprint density at radius 2 is 1.79 bits per heavy atom. The van der Waals surface area contributed by atoms with Crippen molar-refractivity contribution in [2.45, 2.75) is 39.3 Å². The lowest BCUT2D eigenvalue weighted by atomic mass is 9.99. The topological polar surface area (TPSA) is 73.4 Å². The number of hydrogen-bond donors (Lipinski definition) is 4. The first-order chi connectivity index (χ1) is 11.4. The van der Waals surface area contributed by atoms with E-state index < -0.39 is 0 Å². The molecule has 1 saturated heterocycles. The molecule has 5 heteroatoms. The average Bonchev–Trinajstić information content (AvgIpc) is 3.03. The number of hydrazine groups is 1. The molecule has 1 heterocycles. The van der Waals surface area contributed by atoms with Crippen molar-refractivity contribution in [1.29, 1.82) is 0 Å². The van der Waals surface area contributed by atoms with Crippen molar-refractivity contribution in [3.63, 3.8) is 0 Å². The molecule has 1 aliphatic rings. The number of benzene rings is 2. The molecule has 0 radical (unpaired) electrons. The van der Waals surface area contributed by atoms with Crippen molar-refractivity contribution >= 4 is 11.6 Å². The second-order valence-corrected chi connectivity index (χ2v) is 6.50. The van der Waals surface area contributed by atoms with Crippen LogP contribution in [-0.2, 0) is 4.79 Å². The number of carbonyl (C=O) groups is 1. The highest BCUT2D eigenvalue weighted by molar-refractivity contribution is 5.95. The number of aromatic hydroxyl groups is 1. The Morgan fingerprint density at radius 1 is 1.08 bits per heavy atom. The van der Waals surface area contributed by atoms with Crippen LogP contribution in [0.1, 0.15) is 34.7 Å². The van der Waals surface area contributed by atoms with Crippen LogP contribution in [0.4, 0.5) is 5.69 Å². The molecule has 1 amide bonds. The van der Waals surface area contributed by atoms with E-state index >= 15 is 0 Å². The van der Waals surface area contributed by atoms with Gasteiger partial charge in [0.2, 0.25) is 5.91 Å². The third kappa shape index (κ3) is 3.42. The number of phenolic OH excluding ortho intramolecular Hbond substituents is 1. The normalized spacial score (nSPS) is 20.1. The molecule has 0 bridgehead atoms. The zero-order valence-corrected chi connectivity index (χ0v) is 14.2. The molecule has 0 aromatic heterocycles. The third-order valence-electron chi connectivity index (χ3n) is 4.43. The van der Waals surface area contributed by atoms with Gasteiger partial charge >= 0.3 is 0 Å². The lowest BCUT2D eigenvalue weighted by molar-refractivity contribution is -0.117. The minimum atomic E-state index is -0.352. The zero-order valence-electron chi connectivity index (χ0n) is 14.2. The summed E-state index contributed by atoms with van der Waals surface area (Å²) in [5.74, 6) is 0.168. The van der Waals surface area contributed by atoms with Gasteiger partial charge in [0, 0.05) is 11.3 Å². The summed E-state index contributed by atoms with van der Waals surface area (Å²) in [6, 6.07) is 11.0. The summed E-state index contributed by atoms with van der Waals surface area (Å²) in [4.78, 5) is 12.5. The van der Waals surface area contributed by atoms with Gasteiger partial charge in [-0.25, -0.2) is 10.9 Å². The molecule has 2 aromatic carbocycles. The smallest absolute Gasteiger partial charge is 0.242 e. The number of carbonyl (C=O) groups excluding carboxylic acids is 1. The predicted molar refractivity (Wildman–Crippen MR) is 94.8 cm³/mol. The van der Waals surface area contributed by atoms with Crippen molar-refractivity contribution in [1.82, 2.24) is 10.9 Å². The first-order valence-electron chi connectivity index (χ1n) is 8.12. The number of anilines is 1. The Labute approximate surface area is 142 Å². The lowest BCUT2D eigenvalue weighted by Gasteiger charge is -2.14. The van der Waals surface area contributed by atoms with Gasteiger partial charge in [-0.05, 0) is 50.5 Å². The highest BCUT2D eigenvalue weighted by Crippen LogP contribution is 2.30. The van der Waals surface area contributed by atoms with Crippen molar-refractivity contribution in [3.05, 3.63) is 58.7 Å². The fourth-order valence-electron chi connectivity index (χ4n) is 2.98. The molecule has 0 spiro atoms. The predicted octanol–water partition coefficient (Wildman–Crippen LogP) is 2.86. The van der Waals surface area contributed by atoms with Gasteiger partial charge in [0.25, 0.3) is 0 Å². The quantitative estimate of drug-likeness (QED) is 0.700. The lowest BCUT2D eigenvalue weighted by Crippen LogP contribution is -2.39. The van der Waals surface area contributed by atoms with Crippen LogP contribution in [-0.4, -0.2) is 17.1 Å². The standard InChI is InChI=1S/C19H23N3O2/c1-11-5-7-18(23)14(8-11)16-10-17(22-21-16)19(24)20-15-9-12(2)4-6-13(15)3/h4-9,16-17,21-23H,10H2,1-3H3,(H,20,24). The minimum absolute atomic E-state index is 0.0779. The van der Waals surface area contributed by atoms with Gasteiger partial charge in [-0.3, -0.25) is 4.79 Å². The highest BCUT2D eigenvalue weighted by Gasteiger charge is 2.31. The Balaban J connectivity index is 1.70. The van der Waals surface area contributed by atoms with Crippen LogP contribution in [0.15, 0.2) is 36.4 Å². The van der Waals surface area contributed by atoms with E-state index in [2.05, 4.69) is 16.2 Å². The fourth-order valence-corrected chi connectivity index (χ4v) is 2.98. The Bertz CT molecular complexity index is 773. The zero-order chi connectivity index (χ0) is 17.3. The van der Waals surface area contributed by atoms with E-state index in [-0.39, 0.29) is 23.7 Å². The van der Waals surface area contributed by atoms with E-state index in [9.17, 15) is 9.90 Å². The van der Waals surface area contributed by atoms with E-state index in [4.69, 9.17) is 0 Å². The molecule has 4 N–H and O–H groups in total. The van der Waals surface area contributed by atoms with Gasteiger partial charge in [-0.15, -0.1) is 0 Å². The van der Waals surface area contributed by atoms with Gasteiger partial charge in [0.05, 0.1) is 6.04 Å². The molecule has 2 unspecified atom stereocenters. The maximum Gasteiger partial charge on any atom is 0.242 e. The first-order valence-corrected chi connectivity index (χ1v) is 8.12. The molecule has 126 valence electrons. The second kappa shape index (κ2) is 6.63. The molecule has 0 aliphatic carbocycles. The Morgan fingerprint density at radius 3 is 2.58 bits per heavy atom. The van der Waals surface area contributed by atoms with Crippen molar-refractivity contribution in [2.75, 3.05) is 5.32 Å². The highest BCUT2D eigenvalue weighted by atomic mass is 16.3. The van der Waals surface area contributed by atoms with E-state index in [1.54, 1.807) is 6.07 Å². The molecule has 0 saturated carbocycles. The fraction of sp³-hybridized carbons (Fsp3) is 0.316. The molecular weight excluding hydrogens is 302 g/mol. The van der Waals surface area contributed by atoms with Gasteiger partial charge < -0.3 is 10.4 Å². The number of phenols is 1. The number of rotatable bonds is 3. The van der Waals surface area contributed by atoms with E-state index in [0.29, 0.717) is 6.42 Å². The van der Waals surface area contributed by atoms with E-state index in [0.717, 1.165) is 27.9 Å². The van der Waals surface area contributed by atoms with Crippen molar-refractivity contribution in [2.24, 2.45) is 0 Å². The first kappa shape index (κ1) is 16.5. The Hall–Kier alpha value is -2.37. The van der Waals surface area contributed by atoms with Crippen LogP contribution in [0, 0.1) is 20.8 Å². The SMILES string of the molecule is Cc1ccc(C)c(NC(=O)C2CC(c3cc(C)ccc3O)NN2)c1. The molecule has 2 aromatic rings. The molecule has 3 rings (SSSR count). The summed E-state index contributed by atoms with van der Waals surface area (Å²) >= 11 is 0. The summed E-state index contributed by atoms with van der Waals surface area (Å²) in [5.41, 5.74) is 11.0. The van der Waals surface area contributed by atoms with Crippen molar-refractivity contribution < 1.29 is 9.90 Å². The van der Waals surface area contributed by atoms with Gasteiger partial charge in [-0.1, -0.05) is 29.8 Å². The van der Waals surface area contributed by atoms with Gasteiger partial charge in [-0.2, -0.15) is 0 Å². The van der Waals surface area contributed by atoms with Crippen LogP contribution in [0.2, 0.25) is 0 Å². The van der Waals surface area contributed by atoms with Crippen LogP contribution >= 0.6 is 0 Å². The molecule has 1 fully saturated rings. The minimum Gasteiger partial charge on any atom is -0.508 e. The Kier molecular flexibility index (Phi) is 4.55. The molecule has 24 heavy (non-hydrogen) atoms. The van der Waals surface area contributed by atoms with Gasteiger partial charge in [0.1, 0.15) is 11.8 Å². The van der Waals surface area contributed by atoms with E-state index in [1.807, 2.05) is 51.1 Å². The van der Waals surface area contributed by atoms with Crippen LogP contribution in [0.25, 0.3) is 0 Å². The van der Waals surface area contributed by atoms with Gasteiger partial charge in [0.15, 0.2) is 0 Å². The summed E-state index contributed by atoms with van der Waals surface area (Å²) in [5, 5.41) is 13.0. The van der Waals surface area contributed by atoms with E-state index in [1.165, 1.54) is 0 Å². The van der Waals surface area contributed by atoms with Crippen LogP contribution in [0.5, 0.6) is 5.75 Å². The third-order valence-corrected chi connectivity index (χ3v) is 4.43.